The monoisotopic (exact) mass is 416 g/mol. The molecule has 21 heavy (non-hydrogen) atoms. The summed E-state index contributed by atoms with van der Waals surface area (Å²) in [6.45, 7) is 4.18. The van der Waals surface area contributed by atoms with Gasteiger partial charge in [-0.3, -0.25) is 4.68 Å². The number of halogens is 2. The maximum Gasteiger partial charge on any atom is 0.131 e. The fraction of sp³-hybridized carbons (Fsp3) is 0.400. The summed E-state index contributed by atoms with van der Waals surface area (Å²) in [6, 6.07) is 5.62. The standard InChI is InChI=1S/C15H18Br2N2O2/c1-4-12-15(17)13(19(3)18-12)8-21-14-7-10(16)5-6-11(14)9(2)20/h5-7,9,20H,4,8H2,1-3H3/t9-/m1/s1. The summed E-state index contributed by atoms with van der Waals surface area (Å²) in [5.41, 5.74) is 2.76. The minimum absolute atomic E-state index is 0.389. The molecule has 1 aromatic heterocycles. The van der Waals surface area contributed by atoms with Crippen molar-refractivity contribution in [2.75, 3.05) is 0 Å². The smallest absolute Gasteiger partial charge is 0.131 e. The van der Waals surface area contributed by atoms with E-state index in [2.05, 4.69) is 43.9 Å². The van der Waals surface area contributed by atoms with Gasteiger partial charge in [0.25, 0.3) is 0 Å². The van der Waals surface area contributed by atoms with Crippen LogP contribution in [0.1, 0.15) is 36.9 Å². The van der Waals surface area contributed by atoms with Crippen LogP contribution in [0.5, 0.6) is 5.75 Å². The Balaban J connectivity index is 2.24. The summed E-state index contributed by atoms with van der Waals surface area (Å²) in [6.07, 6.45) is 0.291. The number of hydrogen-bond acceptors (Lipinski definition) is 3. The zero-order chi connectivity index (χ0) is 15.6. The first kappa shape index (κ1) is 16.5. The predicted molar refractivity (Wildman–Crippen MR) is 89.4 cm³/mol. The molecular formula is C15H18Br2N2O2. The second-order valence-corrected chi connectivity index (χ2v) is 6.54. The normalized spacial score (nSPS) is 12.5. The molecule has 114 valence electrons. The zero-order valence-electron chi connectivity index (χ0n) is 12.2. The highest BCUT2D eigenvalue weighted by molar-refractivity contribution is 9.10. The molecule has 1 atom stereocenters. The van der Waals surface area contributed by atoms with Crippen molar-refractivity contribution < 1.29 is 9.84 Å². The van der Waals surface area contributed by atoms with E-state index in [-0.39, 0.29) is 0 Å². The number of aliphatic hydroxyl groups excluding tert-OH is 1. The molecule has 0 radical (unpaired) electrons. The molecule has 0 bridgehead atoms. The molecule has 0 aliphatic rings. The van der Waals surface area contributed by atoms with Crippen LogP contribution in [0.25, 0.3) is 0 Å². The highest BCUT2D eigenvalue weighted by Gasteiger charge is 2.15. The molecule has 0 fully saturated rings. The van der Waals surface area contributed by atoms with Gasteiger partial charge in [0.2, 0.25) is 0 Å². The van der Waals surface area contributed by atoms with Crippen LogP contribution < -0.4 is 4.74 Å². The van der Waals surface area contributed by atoms with Crippen molar-refractivity contribution in [2.24, 2.45) is 7.05 Å². The number of hydrogen-bond donors (Lipinski definition) is 1. The van der Waals surface area contributed by atoms with Crippen molar-refractivity contribution in [1.29, 1.82) is 0 Å². The third kappa shape index (κ3) is 3.67. The van der Waals surface area contributed by atoms with Crippen LogP contribution in [0.4, 0.5) is 0 Å². The molecule has 0 saturated heterocycles. The van der Waals surface area contributed by atoms with Crippen LogP contribution >= 0.6 is 31.9 Å². The van der Waals surface area contributed by atoms with E-state index in [4.69, 9.17) is 4.74 Å². The van der Waals surface area contributed by atoms with Crippen LogP contribution in [0.3, 0.4) is 0 Å². The Bertz CT molecular complexity index is 639. The van der Waals surface area contributed by atoms with E-state index in [1.54, 1.807) is 6.92 Å². The number of nitrogens with zero attached hydrogens (tertiary/aromatic N) is 2. The summed E-state index contributed by atoms with van der Waals surface area (Å²) in [5.74, 6) is 0.672. The Morgan fingerprint density at radius 2 is 2.10 bits per heavy atom. The third-order valence-electron chi connectivity index (χ3n) is 3.29. The molecule has 0 aliphatic carbocycles. The number of benzene rings is 1. The van der Waals surface area contributed by atoms with Gasteiger partial charge in [0.15, 0.2) is 0 Å². The van der Waals surface area contributed by atoms with Crippen molar-refractivity contribution in [2.45, 2.75) is 33.0 Å². The van der Waals surface area contributed by atoms with Crippen LogP contribution in [0.15, 0.2) is 27.1 Å². The lowest BCUT2D eigenvalue weighted by molar-refractivity contribution is 0.189. The van der Waals surface area contributed by atoms with Gasteiger partial charge < -0.3 is 9.84 Å². The van der Waals surface area contributed by atoms with Gasteiger partial charge in [0.05, 0.1) is 22.0 Å². The van der Waals surface area contributed by atoms with Crippen molar-refractivity contribution >= 4 is 31.9 Å². The summed E-state index contributed by atoms with van der Waals surface area (Å²) in [5, 5.41) is 14.3. The van der Waals surface area contributed by atoms with E-state index in [0.717, 1.165) is 32.3 Å². The number of aromatic nitrogens is 2. The molecule has 2 rings (SSSR count). The van der Waals surface area contributed by atoms with Gasteiger partial charge >= 0.3 is 0 Å². The van der Waals surface area contributed by atoms with Gasteiger partial charge in [0, 0.05) is 17.1 Å². The van der Waals surface area contributed by atoms with Crippen molar-refractivity contribution in [3.63, 3.8) is 0 Å². The first-order valence-electron chi connectivity index (χ1n) is 6.74. The zero-order valence-corrected chi connectivity index (χ0v) is 15.4. The molecule has 1 N–H and O–H groups in total. The van der Waals surface area contributed by atoms with E-state index in [1.165, 1.54) is 0 Å². The van der Waals surface area contributed by atoms with Gasteiger partial charge in [-0.15, -0.1) is 0 Å². The molecular weight excluding hydrogens is 400 g/mol. The minimum Gasteiger partial charge on any atom is -0.487 e. The minimum atomic E-state index is -0.575. The Morgan fingerprint density at radius 1 is 1.38 bits per heavy atom. The fourth-order valence-electron chi connectivity index (χ4n) is 2.10. The second-order valence-electron chi connectivity index (χ2n) is 4.83. The quantitative estimate of drug-likeness (QED) is 0.795. The lowest BCUT2D eigenvalue weighted by Crippen LogP contribution is -2.06. The molecule has 0 aliphatic heterocycles. The second kappa shape index (κ2) is 6.94. The molecule has 6 heteroatoms. The Kier molecular flexibility index (Phi) is 5.46. The van der Waals surface area contributed by atoms with E-state index < -0.39 is 6.10 Å². The third-order valence-corrected chi connectivity index (χ3v) is 4.70. The fourth-order valence-corrected chi connectivity index (χ4v) is 3.17. The van der Waals surface area contributed by atoms with Crippen LogP contribution in [-0.4, -0.2) is 14.9 Å². The van der Waals surface area contributed by atoms with E-state index >= 15 is 0 Å². The lowest BCUT2D eigenvalue weighted by Gasteiger charge is -2.14. The van der Waals surface area contributed by atoms with Gasteiger partial charge in [-0.05, 0) is 41.4 Å². The van der Waals surface area contributed by atoms with Crippen molar-refractivity contribution in [3.05, 3.63) is 44.1 Å². The maximum atomic E-state index is 9.82. The molecule has 4 nitrogen and oxygen atoms in total. The number of aryl methyl sites for hydroxylation is 2. The van der Waals surface area contributed by atoms with Crippen LogP contribution in [-0.2, 0) is 20.1 Å². The summed E-state index contributed by atoms with van der Waals surface area (Å²) < 4.78 is 9.63. The van der Waals surface area contributed by atoms with Gasteiger partial charge in [0.1, 0.15) is 12.4 Å². The topological polar surface area (TPSA) is 47.3 Å². The Hall–Kier alpha value is -0.850. The Labute approximate surface area is 141 Å². The predicted octanol–water partition coefficient (Wildman–Crippen LogP) is 4.14. The summed E-state index contributed by atoms with van der Waals surface area (Å²) in [7, 11) is 1.90. The summed E-state index contributed by atoms with van der Waals surface area (Å²) >= 11 is 7.00. The highest BCUT2D eigenvalue weighted by Crippen LogP contribution is 2.30. The van der Waals surface area contributed by atoms with Gasteiger partial charge in [-0.1, -0.05) is 28.9 Å². The van der Waals surface area contributed by atoms with E-state index in [9.17, 15) is 5.11 Å². The molecule has 0 spiro atoms. The first-order chi connectivity index (χ1) is 9.93. The average Bonchev–Trinajstić information content (AvgIpc) is 2.71. The summed E-state index contributed by atoms with van der Waals surface area (Å²) in [4.78, 5) is 0. The van der Waals surface area contributed by atoms with Crippen molar-refractivity contribution in [3.8, 4) is 5.75 Å². The van der Waals surface area contributed by atoms with Crippen molar-refractivity contribution in [1.82, 2.24) is 9.78 Å². The highest BCUT2D eigenvalue weighted by atomic mass is 79.9. The molecule has 0 unspecified atom stereocenters. The van der Waals surface area contributed by atoms with Crippen LogP contribution in [0.2, 0.25) is 0 Å². The van der Waals surface area contributed by atoms with Gasteiger partial charge in [-0.25, -0.2) is 0 Å². The number of ether oxygens (including phenoxy) is 1. The SMILES string of the molecule is CCc1nn(C)c(COc2cc(Br)ccc2[C@@H](C)O)c1Br. The van der Waals surface area contributed by atoms with E-state index in [0.29, 0.717) is 12.4 Å². The van der Waals surface area contributed by atoms with E-state index in [1.807, 2.05) is 29.9 Å². The Morgan fingerprint density at radius 3 is 2.67 bits per heavy atom. The largest absolute Gasteiger partial charge is 0.487 e. The molecule has 0 saturated carbocycles. The maximum absolute atomic E-state index is 9.82. The lowest BCUT2D eigenvalue weighted by atomic mass is 10.1. The molecule has 0 amide bonds. The number of aliphatic hydroxyl groups is 1. The molecule has 1 aromatic carbocycles. The molecule has 2 aromatic rings. The average molecular weight is 418 g/mol. The van der Waals surface area contributed by atoms with Crippen LogP contribution in [0, 0.1) is 0 Å². The van der Waals surface area contributed by atoms with Gasteiger partial charge in [-0.2, -0.15) is 5.10 Å². The first-order valence-corrected chi connectivity index (χ1v) is 8.33. The molecule has 1 heterocycles. The number of rotatable bonds is 5.